The molecule has 0 aliphatic carbocycles. The Morgan fingerprint density at radius 2 is 1.94 bits per heavy atom. The molecule has 6 nitrogen and oxygen atoms in total. The maximum Gasteiger partial charge on any atom is 0.272 e. The zero-order chi connectivity index (χ0) is 11.1. The zero-order valence-corrected chi connectivity index (χ0v) is 8.55. The van der Waals surface area contributed by atoms with Gasteiger partial charge in [-0.3, -0.25) is 5.10 Å². The van der Waals surface area contributed by atoms with Gasteiger partial charge in [-0.25, -0.2) is 0 Å². The zero-order valence-electron chi connectivity index (χ0n) is 8.55. The molecule has 80 valence electrons. The topological polar surface area (TPSA) is 79.1 Å². The van der Waals surface area contributed by atoms with Crippen molar-refractivity contribution in [1.82, 2.24) is 24.8 Å². The third-order valence-electron chi connectivity index (χ3n) is 2.31. The summed E-state index contributed by atoms with van der Waals surface area (Å²) in [5, 5.41) is 20.2. The molecule has 0 bridgehead atoms. The average molecular weight is 215 g/mol. The lowest BCUT2D eigenvalue weighted by atomic mass is 10.2. The van der Waals surface area contributed by atoms with Crippen molar-refractivity contribution in [1.29, 1.82) is 0 Å². The average Bonchev–Trinajstić information content (AvgIpc) is 2.78. The van der Waals surface area contributed by atoms with E-state index in [1.807, 2.05) is 6.92 Å². The minimum atomic E-state index is 0.227. The van der Waals surface area contributed by atoms with Crippen molar-refractivity contribution >= 4 is 5.78 Å². The Labute approximate surface area is 90.6 Å². The Morgan fingerprint density at radius 3 is 2.69 bits per heavy atom. The fraction of sp³-hybridized carbons (Fsp3) is 0.100. The number of H-pyrrole nitrogens is 1. The van der Waals surface area contributed by atoms with Gasteiger partial charge < -0.3 is 5.11 Å². The second kappa shape index (κ2) is 3.06. The van der Waals surface area contributed by atoms with E-state index in [-0.39, 0.29) is 5.75 Å². The number of phenols is 1. The molecule has 0 saturated carbocycles. The predicted molar refractivity (Wildman–Crippen MR) is 57.0 cm³/mol. The Balaban J connectivity index is 2.21. The summed E-state index contributed by atoms with van der Waals surface area (Å²) in [5.41, 5.74) is 0.869. The summed E-state index contributed by atoms with van der Waals surface area (Å²) >= 11 is 0. The van der Waals surface area contributed by atoms with Crippen LogP contribution in [-0.4, -0.2) is 29.9 Å². The number of aromatic hydroxyl groups is 1. The highest BCUT2D eigenvalue weighted by atomic mass is 16.3. The van der Waals surface area contributed by atoms with E-state index in [9.17, 15) is 5.11 Å². The SMILES string of the molecule is Cc1nc2nnc(-c3ccc(O)cc3)n2[nH]1. The van der Waals surface area contributed by atoms with Gasteiger partial charge in [-0.05, 0) is 31.2 Å². The van der Waals surface area contributed by atoms with Gasteiger partial charge in [-0.2, -0.15) is 9.50 Å². The summed E-state index contributed by atoms with van der Waals surface area (Å²) in [6.45, 7) is 1.86. The first-order chi connectivity index (χ1) is 7.74. The first-order valence-electron chi connectivity index (χ1n) is 4.81. The number of benzene rings is 1. The molecule has 0 unspecified atom stereocenters. The summed E-state index contributed by atoms with van der Waals surface area (Å²) in [7, 11) is 0. The van der Waals surface area contributed by atoms with Crippen molar-refractivity contribution in [2.24, 2.45) is 0 Å². The van der Waals surface area contributed by atoms with Gasteiger partial charge >= 0.3 is 0 Å². The number of fused-ring (bicyclic) bond motifs is 1. The largest absolute Gasteiger partial charge is 0.508 e. The van der Waals surface area contributed by atoms with E-state index in [2.05, 4.69) is 20.3 Å². The molecular weight excluding hydrogens is 206 g/mol. The van der Waals surface area contributed by atoms with Crippen LogP contribution in [0.15, 0.2) is 24.3 Å². The van der Waals surface area contributed by atoms with Crippen LogP contribution in [0.25, 0.3) is 17.2 Å². The standard InChI is InChI=1S/C10H9N5O/c1-6-11-10-13-12-9(15(10)14-6)7-2-4-8(16)5-3-7/h2-5,16H,1H3,(H,11,13,14). The van der Waals surface area contributed by atoms with Crippen molar-refractivity contribution in [3.05, 3.63) is 30.1 Å². The van der Waals surface area contributed by atoms with Crippen LogP contribution in [0.5, 0.6) is 5.75 Å². The van der Waals surface area contributed by atoms with Gasteiger partial charge in [-0.1, -0.05) is 0 Å². The molecule has 0 fully saturated rings. The summed E-state index contributed by atoms with van der Waals surface area (Å²) in [4.78, 5) is 4.16. The van der Waals surface area contributed by atoms with E-state index in [0.717, 1.165) is 11.4 Å². The van der Waals surface area contributed by atoms with Gasteiger partial charge in [-0.15, -0.1) is 10.2 Å². The molecule has 16 heavy (non-hydrogen) atoms. The van der Waals surface area contributed by atoms with E-state index in [1.165, 1.54) is 0 Å². The van der Waals surface area contributed by atoms with Gasteiger partial charge in [0.15, 0.2) is 5.82 Å². The van der Waals surface area contributed by atoms with E-state index < -0.39 is 0 Å². The number of phenolic OH excluding ortho intramolecular Hbond substituents is 1. The van der Waals surface area contributed by atoms with Crippen LogP contribution in [0, 0.1) is 6.92 Å². The Hall–Kier alpha value is -2.37. The van der Waals surface area contributed by atoms with E-state index in [1.54, 1.807) is 28.8 Å². The van der Waals surface area contributed by atoms with Crippen LogP contribution in [-0.2, 0) is 0 Å². The lowest BCUT2D eigenvalue weighted by molar-refractivity contribution is 0.475. The molecule has 1 aromatic carbocycles. The number of nitrogens with one attached hydrogen (secondary N) is 1. The highest BCUT2D eigenvalue weighted by Gasteiger charge is 2.10. The number of aromatic amines is 1. The molecule has 2 heterocycles. The molecule has 0 aliphatic rings. The Bertz CT molecular complexity index is 637. The molecule has 2 N–H and O–H groups in total. The number of aryl methyl sites for hydroxylation is 1. The van der Waals surface area contributed by atoms with Crippen LogP contribution in [0.4, 0.5) is 0 Å². The second-order valence-electron chi connectivity index (χ2n) is 3.51. The van der Waals surface area contributed by atoms with E-state index >= 15 is 0 Å². The molecule has 3 aromatic rings. The molecule has 0 spiro atoms. The molecule has 0 saturated heterocycles. The molecular formula is C10H9N5O. The number of nitrogens with zero attached hydrogens (tertiary/aromatic N) is 4. The summed E-state index contributed by atoms with van der Waals surface area (Å²) in [5.74, 6) is 2.23. The van der Waals surface area contributed by atoms with Crippen LogP contribution in [0.3, 0.4) is 0 Å². The van der Waals surface area contributed by atoms with Gasteiger partial charge in [0.2, 0.25) is 0 Å². The molecule has 0 atom stereocenters. The van der Waals surface area contributed by atoms with E-state index in [4.69, 9.17) is 0 Å². The van der Waals surface area contributed by atoms with Crippen LogP contribution >= 0.6 is 0 Å². The van der Waals surface area contributed by atoms with Crippen molar-refractivity contribution < 1.29 is 5.11 Å². The Kier molecular flexibility index (Phi) is 1.70. The number of rotatable bonds is 1. The van der Waals surface area contributed by atoms with Crippen LogP contribution in [0.2, 0.25) is 0 Å². The van der Waals surface area contributed by atoms with Gasteiger partial charge in [0.1, 0.15) is 11.6 Å². The summed E-state index contributed by atoms with van der Waals surface area (Å²) < 4.78 is 1.71. The summed E-state index contributed by atoms with van der Waals surface area (Å²) in [6.07, 6.45) is 0. The number of hydrogen-bond acceptors (Lipinski definition) is 4. The Morgan fingerprint density at radius 1 is 1.19 bits per heavy atom. The first kappa shape index (κ1) is 8.90. The van der Waals surface area contributed by atoms with Gasteiger partial charge in [0.05, 0.1) is 0 Å². The smallest absolute Gasteiger partial charge is 0.272 e. The van der Waals surface area contributed by atoms with Crippen molar-refractivity contribution in [3.8, 4) is 17.1 Å². The highest BCUT2D eigenvalue weighted by Crippen LogP contribution is 2.19. The lowest BCUT2D eigenvalue weighted by Crippen LogP contribution is -1.90. The third kappa shape index (κ3) is 1.23. The highest BCUT2D eigenvalue weighted by molar-refractivity contribution is 5.58. The third-order valence-corrected chi connectivity index (χ3v) is 2.31. The maximum atomic E-state index is 9.21. The monoisotopic (exact) mass is 215 g/mol. The van der Waals surface area contributed by atoms with E-state index in [0.29, 0.717) is 11.6 Å². The number of hydrogen-bond donors (Lipinski definition) is 2. The van der Waals surface area contributed by atoms with Crippen LogP contribution < -0.4 is 0 Å². The quantitative estimate of drug-likeness (QED) is 0.637. The molecule has 6 heteroatoms. The molecule has 2 aromatic heterocycles. The fourth-order valence-corrected chi connectivity index (χ4v) is 1.59. The lowest BCUT2D eigenvalue weighted by Gasteiger charge is -1.97. The molecule has 3 rings (SSSR count). The predicted octanol–water partition coefficient (Wildman–Crippen LogP) is 1.13. The summed E-state index contributed by atoms with van der Waals surface area (Å²) in [6, 6.07) is 6.78. The van der Waals surface area contributed by atoms with Crippen molar-refractivity contribution in [3.63, 3.8) is 0 Å². The minimum Gasteiger partial charge on any atom is -0.508 e. The van der Waals surface area contributed by atoms with Gasteiger partial charge in [0.25, 0.3) is 5.78 Å². The molecule has 0 aliphatic heterocycles. The molecule has 0 radical (unpaired) electrons. The fourth-order valence-electron chi connectivity index (χ4n) is 1.59. The van der Waals surface area contributed by atoms with Crippen molar-refractivity contribution in [2.45, 2.75) is 6.92 Å². The number of aromatic nitrogens is 5. The maximum absolute atomic E-state index is 9.21. The second-order valence-corrected chi connectivity index (χ2v) is 3.51. The molecule has 0 amide bonds. The van der Waals surface area contributed by atoms with Crippen molar-refractivity contribution in [2.75, 3.05) is 0 Å². The normalized spacial score (nSPS) is 11.1. The first-order valence-corrected chi connectivity index (χ1v) is 4.81. The van der Waals surface area contributed by atoms with Crippen LogP contribution in [0.1, 0.15) is 5.82 Å². The van der Waals surface area contributed by atoms with Gasteiger partial charge in [0, 0.05) is 5.56 Å². The minimum absolute atomic E-state index is 0.227.